The lowest BCUT2D eigenvalue weighted by atomic mass is 9.99. The van der Waals surface area contributed by atoms with Gasteiger partial charge in [-0.2, -0.15) is 0 Å². The summed E-state index contributed by atoms with van der Waals surface area (Å²) in [6.07, 6.45) is 2.47. The molecule has 1 aromatic rings. The first-order chi connectivity index (χ1) is 7.27. The molecule has 0 unspecified atom stereocenters. The third-order valence-corrected chi connectivity index (χ3v) is 3.20. The Morgan fingerprint density at radius 1 is 1.00 bits per heavy atom. The molecule has 0 spiro atoms. The smallest absolute Gasteiger partial charge is 0.0366 e. The van der Waals surface area contributed by atoms with Crippen molar-refractivity contribution in [1.29, 1.82) is 0 Å². The van der Waals surface area contributed by atoms with Gasteiger partial charge in [0.2, 0.25) is 0 Å². The Labute approximate surface area is 92.4 Å². The second-order valence-electron chi connectivity index (χ2n) is 4.43. The van der Waals surface area contributed by atoms with E-state index in [1.807, 2.05) is 0 Å². The van der Waals surface area contributed by atoms with Crippen LogP contribution in [-0.4, -0.2) is 13.1 Å². The molecular formula is C14H19N. The van der Waals surface area contributed by atoms with Crippen LogP contribution < -0.4 is 4.90 Å². The average Bonchev–Trinajstić information content (AvgIpc) is 2.30. The van der Waals surface area contributed by atoms with Crippen molar-refractivity contribution in [3.05, 3.63) is 41.5 Å². The number of hydrogen-bond donors (Lipinski definition) is 0. The number of allylic oxidation sites excluding steroid dienone is 1. The highest BCUT2D eigenvalue weighted by Crippen LogP contribution is 2.24. The van der Waals surface area contributed by atoms with Crippen molar-refractivity contribution < 1.29 is 0 Å². The minimum Gasteiger partial charge on any atom is -0.371 e. The largest absolute Gasteiger partial charge is 0.371 e. The van der Waals surface area contributed by atoms with E-state index in [1.54, 1.807) is 5.57 Å². The molecule has 15 heavy (non-hydrogen) atoms. The normalized spacial score (nSPS) is 16.7. The summed E-state index contributed by atoms with van der Waals surface area (Å²) in [6.45, 7) is 6.80. The molecular weight excluding hydrogens is 182 g/mol. The van der Waals surface area contributed by atoms with E-state index < -0.39 is 0 Å². The van der Waals surface area contributed by atoms with Crippen molar-refractivity contribution >= 4 is 5.69 Å². The molecule has 1 heterocycles. The molecule has 1 saturated heterocycles. The summed E-state index contributed by atoms with van der Waals surface area (Å²) in [7, 11) is 0. The number of piperidine rings is 1. The lowest BCUT2D eigenvalue weighted by Crippen LogP contribution is -2.30. The highest BCUT2D eigenvalue weighted by molar-refractivity contribution is 5.47. The fourth-order valence-corrected chi connectivity index (χ4v) is 2.17. The maximum absolute atomic E-state index is 2.48. The maximum atomic E-state index is 2.48. The quantitative estimate of drug-likeness (QED) is 0.627. The van der Waals surface area contributed by atoms with Gasteiger partial charge < -0.3 is 4.90 Å². The van der Waals surface area contributed by atoms with Crippen LogP contribution in [0.3, 0.4) is 0 Å². The van der Waals surface area contributed by atoms with E-state index in [2.05, 4.69) is 49.1 Å². The predicted octanol–water partition coefficient (Wildman–Crippen LogP) is 3.62. The molecule has 0 atom stereocenters. The number of nitrogens with zero attached hydrogens (tertiary/aromatic N) is 1. The van der Waals surface area contributed by atoms with E-state index in [9.17, 15) is 0 Å². The standard InChI is InChI=1S/C14H19N/c1-12(2)13-8-10-15(11-9-13)14-6-4-3-5-7-14/h3-7H,8-11H2,1-2H3. The van der Waals surface area contributed by atoms with Crippen molar-refractivity contribution in [2.75, 3.05) is 18.0 Å². The van der Waals surface area contributed by atoms with E-state index >= 15 is 0 Å². The Bertz CT molecular complexity index is 337. The number of anilines is 1. The van der Waals surface area contributed by atoms with Crippen LogP contribution in [-0.2, 0) is 0 Å². The molecule has 1 aliphatic heterocycles. The molecule has 2 rings (SSSR count). The molecule has 0 saturated carbocycles. The molecule has 0 amide bonds. The second-order valence-corrected chi connectivity index (χ2v) is 4.43. The van der Waals surface area contributed by atoms with Crippen LogP contribution in [0.25, 0.3) is 0 Å². The molecule has 0 radical (unpaired) electrons. The molecule has 80 valence electrons. The lowest BCUT2D eigenvalue weighted by Gasteiger charge is -2.31. The molecule has 0 aliphatic carbocycles. The summed E-state index contributed by atoms with van der Waals surface area (Å²) < 4.78 is 0. The van der Waals surface area contributed by atoms with Crippen LogP contribution in [0.2, 0.25) is 0 Å². The van der Waals surface area contributed by atoms with Crippen molar-refractivity contribution in [2.24, 2.45) is 0 Å². The second kappa shape index (κ2) is 4.52. The summed E-state index contributed by atoms with van der Waals surface area (Å²) in [4.78, 5) is 2.48. The zero-order valence-corrected chi connectivity index (χ0v) is 9.66. The fourth-order valence-electron chi connectivity index (χ4n) is 2.17. The Balaban J connectivity index is 2.03. The first-order valence-electron chi connectivity index (χ1n) is 5.72. The minimum atomic E-state index is 1.17. The van der Waals surface area contributed by atoms with Crippen molar-refractivity contribution in [1.82, 2.24) is 0 Å². The summed E-state index contributed by atoms with van der Waals surface area (Å²) >= 11 is 0. The van der Waals surface area contributed by atoms with Gasteiger partial charge in [-0.1, -0.05) is 29.3 Å². The summed E-state index contributed by atoms with van der Waals surface area (Å²) in [5.41, 5.74) is 4.54. The zero-order valence-electron chi connectivity index (χ0n) is 9.66. The van der Waals surface area contributed by atoms with Crippen LogP contribution in [0.15, 0.2) is 41.5 Å². The van der Waals surface area contributed by atoms with Gasteiger partial charge in [-0.15, -0.1) is 0 Å². The van der Waals surface area contributed by atoms with Crippen LogP contribution in [0.5, 0.6) is 0 Å². The Hall–Kier alpha value is -1.24. The van der Waals surface area contributed by atoms with Gasteiger partial charge in [0.1, 0.15) is 0 Å². The molecule has 0 bridgehead atoms. The summed E-state index contributed by atoms with van der Waals surface area (Å²) in [5.74, 6) is 0. The van der Waals surface area contributed by atoms with Gasteiger partial charge in [-0.05, 0) is 38.8 Å². The molecule has 1 aliphatic rings. The Morgan fingerprint density at radius 2 is 1.60 bits per heavy atom. The molecule has 0 N–H and O–H groups in total. The third kappa shape index (κ3) is 2.41. The summed E-state index contributed by atoms with van der Waals surface area (Å²) in [6, 6.07) is 10.7. The maximum Gasteiger partial charge on any atom is 0.0366 e. The van der Waals surface area contributed by atoms with Crippen LogP contribution in [0, 0.1) is 0 Å². The van der Waals surface area contributed by atoms with Crippen LogP contribution in [0.4, 0.5) is 5.69 Å². The summed E-state index contributed by atoms with van der Waals surface area (Å²) in [5, 5.41) is 0. The predicted molar refractivity (Wildman–Crippen MR) is 66.3 cm³/mol. The lowest BCUT2D eigenvalue weighted by molar-refractivity contribution is 0.677. The molecule has 0 aromatic heterocycles. The number of hydrogen-bond acceptors (Lipinski definition) is 1. The van der Waals surface area contributed by atoms with Gasteiger partial charge >= 0.3 is 0 Å². The molecule has 1 aromatic carbocycles. The number of benzene rings is 1. The van der Waals surface area contributed by atoms with Crippen molar-refractivity contribution in [3.8, 4) is 0 Å². The van der Waals surface area contributed by atoms with Gasteiger partial charge in [0.15, 0.2) is 0 Å². The van der Waals surface area contributed by atoms with Crippen molar-refractivity contribution in [2.45, 2.75) is 26.7 Å². The van der Waals surface area contributed by atoms with Gasteiger partial charge in [-0.3, -0.25) is 0 Å². The van der Waals surface area contributed by atoms with Crippen molar-refractivity contribution in [3.63, 3.8) is 0 Å². The zero-order chi connectivity index (χ0) is 10.7. The van der Waals surface area contributed by atoms with Gasteiger partial charge in [-0.25, -0.2) is 0 Å². The average molecular weight is 201 g/mol. The molecule has 1 nitrogen and oxygen atoms in total. The van der Waals surface area contributed by atoms with Crippen LogP contribution >= 0.6 is 0 Å². The molecule has 1 fully saturated rings. The number of rotatable bonds is 1. The van der Waals surface area contributed by atoms with E-state index in [0.29, 0.717) is 0 Å². The number of para-hydroxylation sites is 1. The first-order valence-corrected chi connectivity index (χ1v) is 5.72. The van der Waals surface area contributed by atoms with E-state index in [0.717, 1.165) is 0 Å². The molecule has 1 heteroatoms. The highest BCUT2D eigenvalue weighted by atomic mass is 15.1. The van der Waals surface area contributed by atoms with Gasteiger partial charge in [0.25, 0.3) is 0 Å². The fraction of sp³-hybridized carbons (Fsp3) is 0.429. The first kappa shape index (κ1) is 10.3. The van der Waals surface area contributed by atoms with E-state index in [4.69, 9.17) is 0 Å². The Kier molecular flexibility index (Phi) is 3.10. The van der Waals surface area contributed by atoms with Gasteiger partial charge in [0.05, 0.1) is 0 Å². The Morgan fingerprint density at radius 3 is 2.13 bits per heavy atom. The topological polar surface area (TPSA) is 3.24 Å². The third-order valence-electron chi connectivity index (χ3n) is 3.20. The SMILES string of the molecule is CC(C)=C1CCN(c2ccccc2)CC1. The van der Waals surface area contributed by atoms with E-state index in [-0.39, 0.29) is 0 Å². The highest BCUT2D eigenvalue weighted by Gasteiger charge is 2.14. The van der Waals surface area contributed by atoms with E-state index in [1.165, 1.54) is 37.2 Å². The monoisotopic (exact) mass is 201 g/mol. The van der Waals surface area contributed by atoms with Gasteiger partial charge in [0, 0.05) is 18.8 Å². The minimum absolute atomic E-state index is 1.17. The van der Waals surface area contributed by atoms with Crippen LogP contribution in [0.1, 0.15) is 26.7 Å².